The van der Waals surface area contributed by atoms with Crippen molar-refractivity contribution in [1.82, 2.24) is 5.32 Å². The van der Waals surface area contributed by atoms with Crippen molar-refractivity contribution in [2.24, 2.45) is 5.92 Å². The van der Waals surface area contributed by atoms with Gasteiger partial charge in [-0.25, -0.2) is 0 Å². The average Bonchev–Trinajstić information content (AvgIpc) is 2.29. The first-order valence-electron chi connectivity index (χ1n) is 6.27. The molecule has 3 nitrogen and oxygen atoms in total. The Morgan fingerprint density at radius 1 is 1.37 bits per heavy atom. The molecule has 0 spiro atoms. The Bertz CT molecular complexity index is 435. The summed E-state index contributed by atoms with van der Waals surface area (Å²) >= 11 is 11.8. The zero-order valence-corrected chi connectivity index (χ0v) is 12.6. The fourth-order valence-electron chi connectivity index (χ4n) is 1.76. The van der Waals surface area contributed by atoms with E-state index in [0.717, 1.165) is 5.56 Å². The summed E-state index contributed by atoms with van der Waals surface area (Å²) in [7, 11) is 0. The zero-order valence-electron chi connectivity index (χ0n) is 11.1. The standard InChI is InChI=1S/C14H19Cl2NO2/c1-9(2)5-12(18)8-17-14(19)6-10-3-4-11(15)7-13(10)16/h3-4,7,9,12,18H,5-6,8H2,1-2H3,(H,17,19). The first kappa shape index (κ1) is 16.3. The van der Waals surface area contributed by atoms with Crippen molar-refractivity contribution in [3.05, 3.63) is 33.8 Å². The Hall–Kier alpha value is -0.770. The summed E-state index contributed by atoms with van der Waals surface area (Å²) in [6.07, 6.45) is 0.344. The Balaban J connectivity index is 2.43. The van der Waals surface area contributed by atoms with Gasteiger partial charge in [0.15, 0.2) is 0 Å². The lowest BCUT2D eigenvalue weighted by molar-refractivity contribution is -0.120. The van der Waals surface area contributed by atoms with Crippen LogP contribution in [-0.2, 0) is 11.2 Å². The van der Waals surface area contributed by atoms with E-state index >= 15 is 0 Å². The molecule has 2 N–H and O–H groups in total. The van der Waals surface area contributed by atoms with E-state index in [9.17, 15) is 9.90 Å². The van der Waals surface area contributed by atoms with Crippen molar-refractivity contribution in [2.45, 2.75) is 32.8 Å². The van der Waals surface area contributed by atoms with Crippen LogP contribution in [0.4, 0.5) is 0 Å². The summed E-state index contributed by atoms with van der Waals surface area (Å²) in [6.45, 7) is 4.32. The maximum Gasteiger partial charge on any atom is 0.224 e. The van der Waals surface area contributed by atoms with Gasteiger partial charge >= 0.3 is 0 Å². The summed E-state index contributed by atoms with van der Waals surface area (Å²) in [5.74, 6) is 0.240. The van der Waals surface area contributed by atoms with Gasteiger partial charge < -0.3 is 10.4 Å². The van der Waals surface area contributed by atoms with Gasteiger partial charge in [0.1, 0.15) is 0 Å². The van der Waals surface area contributed by atoms with Crippen LogP contribution in [-0.4, -0.2) is 23.7 Å². The topological polar surface area (TPSA) is 49.3 Å². The van der Waals surface area contributed by atoms with Crippen molar-refractivity contribution in [1.29, 1.82) is 0 Å². The van der Waals surface area contributed by atoms with Gasteiger partial charge in [-0.15, -0.1) is 0 Å². The minimum atomic E-state index is -0.510. The van der Waals surface area contributed by atoms with Gasteiger partial charge in [-0.2, -0.15) is 0 Å². The lowest BCUT2D eigenvalue weighted by Gasteiger charge is -2.14. The van der Waals surface area contributed by atoms with E-state index in [1.54, 1.807) is 18.2 Å². The molecule has 19 heavy (non-hydrogen) atoms. The highest BCUT2D eigenvalue weighted by Gasteiger charge is 2.11. The Morgan fingerprint density at radius 3 is 2.63 bits per heavy atom. The van der Waals surface area contributed by atoms with Crippen LogP contribution in [0.25, 0.3) is 0 Å². The van der Waals surface area contributed by atoms with Crippen LogP contribution in [0.3, 0.4) is 0 Å². The van der Waals surface area contributed by atoms with Crippen LogP contribution in [0, 0.1) is 5.92 Å². The van der Waals surface area contributed by atoms with E-state index in [1.165, 1.54) is 0 Å². The van der Waals surface area contributed by atoms with Crippen LogP contribution in [0.15, 0.2) is 18.2 Å². The fraction of sp³-hybridized carbons (Fsp3) is 0.500. The number of hydrogen-bond acceptors (Lipinski definition) is 2. The molecular weight excluding hydrogens is 285 g/mol. The number of nitrogens with one attached hydrogen (secondary N) is 1. The number of aliphatic hydroxyl groups is 1. The van der Waals surface area contributed by atoms with E-state index in [2.05, 4.69) is 5.32 Å². The summed E-state index contributed by atoms with van der Waals surface area (Å²) in [5.41, 5.74) is 0.724. The molecule has 0 aliphatic rings. The normalized spacial score (nSPS) is 12.5. The SMILES string of the molecule is CC(C)CC(O)CNC(=O)Cc1ccc(Cl)cc1Cl. The van der Waals surface area contributed by atoms with Crippen molar-refractivity contribution < 1.29 is 9.90 Å². The molecule has 1 aromatic rings. The summed E-state index contributed by atoms with van der Waals surface area (Å²) < 4.78 is 0. The van der Waals surface area contributed by atoms with E-state index in [-0.39, 0.29) is 18.9 Å². The molecule has 106 valence electrons. The number of hydrogen-bond donors (Lipinski definition) is 2. The van der Waals surface area contributed by atoms with Crippen molar-refractivity contribution >= 4 is 29.1 Å². The highest BCUT2D eigenvalue weighted by molar-refractivity contribution is 6.35. The molecule has 5 heteroatoms. The number of halogens is 2. The Labute approximate surface area is 123 Å². The zero-order chi connectivity index (χ0) is 14.4. The highest BCUT2D eigenvalue weighted by atomic mass is 35.5. The monoisotopic (exact) mass is 303 g/mol. The summed E-state index contributed by atoms with van der Waals surface area (Å²) in [5, 5.41) is 13.4. The second-order valence-corrected chi connectivity index (χ2v) is 5.84. The maximum atomic E-state index is 11.7. The van der Waals surface area contributed by atoms with Gasteiger partial charge in [0, 0.05) is 16.6 Å². The number of carbonyl (C=O) groups excluding carboxylic acids is 1. The molecule has 0 aromatic heterocycles. The minimum Gasteiger partial charge on any atom is -0.391 e. The number of benzene rings is 1. The van der Waals surface area contributed by atoms with Gasteiger partial charge in [-0.05, 0) is 30.0 Å². The second kappa shape index (κ2) is 7.73. The van der Waals surface area contributed by atoms with Gasteiger partial charge in [0.05, 0.1) is 12.5 Å². The lowest BCUT2D eigenvalue weighted by atomic mass is 10.1. The average molecular weight is 304 g/mol. The Morgan fingerprint density at radius 2 is 2.05 bits per heavy atom. The highest BCUT2D eigenvalue weighted by Crippen LogP contribution is 2.21. The van der Waals surface area contributed by atoms with Gasteiger partial charge in [0.2, 0.25) is 5.91 Å². The van der Waals surface area contributed by atoms with Gasteiger partial charge in [0.25, 0.3) is 0 Å². The van der Waals surface area contributed by atoms with Crippen LogP contribution < -0.4 is 5.32 Å². The van der Waals surface area contributed by atoms with Gasteiger partial charge in [-0.1, -0.05) is 43.1 Å². The van der Waals surface area contributed by atoms with E-state index in [4.69, 9.17) is 23.2 Å². The molecule has 0 fully saturated rings. The molecule has 1 rings (SSSR count). The molecule has 0 saturated heterocycles. The molecule has 0 aliphatic heterocycles. The fourth-order valence-corrected chi connectivity index (χ4v) is 2.23. The molecular formula is C14H19Cl2NO2. The molecule has 0 bridgehead atoms. The third-order valence-electron chi connectivity index (χ3n) is 2.64. The molecule has 1 aromatic carbocycles. The molecule has 0 heterocycles. The van der Waals surface area contributed by atoms with E-state index in [0.29, 0.717) is 22.4 Å². The molecule has 0 radical (unpaired) electrons. The number of aliphatic hydroxyl groups excluding tert-OH is 1. The molecule has 1 atom stereocenters. The predicted molar refractivity (Wildman–Crippen MR) is 78.6 cm³/mol. The van der Waals surface area contributed by atoms with Crippen LogP contribution in [0.5, 0.6) is 0 Å². The maximum absolute atomic E-state index is 11.7. The van der Waals surface area contributed by atoms with Gasteiger partial charge in [-0.3, -0.25) is 4.79 Å². The Kier molecular flexibility index (Phi) is 6.63. The third kappa shape index (κ3) is 6.28. The van der Waals surface area contributed by atoms with E-state index in [1.807, 2.05) is 13.8 Å². The van der Waals surface area contributed by atoms with Crippen molar-refractivity contribution in [2.75, 3.05) is 6.54 Å². The smallest absolute Gasteiger partial charge is 0.224 e. The predicted octanol–water partition coefficient (Wildman–Crippen LogP) is 3.06. The first-order chi connectivity index (χ1) is 8.88. The largest absolute Gasteiger partial charge is 0.391 e. The third-order valence-corrected chi connectivity index (χ3v) is 3.23. The number of rotatable bonds is 6. The number of carbonyl (C=O) groups is 1. The molecule has 1 amide bonds. The minimum absolute atomic E-state index is 0.160. The van der Waals surface area contributed by atoms with E-state index < -0.39 is 6.10 Å². The second-order valence-electron chi connectivity index (χ2n) is 5.00. The number of amides is 1. The molecule has 0 aliphatic carbocycles. The van der Waals surface area contributed by atoms with Crippen LogP contribution in [0.1, 0.15) is 25.8 Å². The summed E-state index contributed by atoms with van der Waals surface area (Å²) in [6, 6.07) is 5.04. The van der Waals surface area contributed by atoms with Crippen molar-refractivity contribution in [3.8, 4) is 0 Å². The quantitative estimate of drug-likeness (QED) is 0.848. The van der Waals surface area contributed by atoms with Crippen LogP contribution >= 0.6 is 23.2 Å². The van der Waals surface area contributed by atoms with Crippen LogP contribution in [0.2, 0.25) is 10.0 Å². The lowest BCUT2D eigenvalue weighted by Crippen LogP contribution is -2.33. The molecule has 1 unspecified atom stereocenters. The van der Waals surface area contributed by atoms with Crippen molar-refractivity contribution in [3.63, 3.8) is 0 Å². The molecule has 0 saturated carbocycles. The summed E-state index contributed by atoms with van der Waals surface area (Å²) in [4.78, 5) is 11.7. The first-order valence-corrected chi connectivity index (χ1v) is 7.02.